The summed E-state index contributed by atoms with van der Waals surface area (Å²) in [4.78, 5) is 23.6. The van der Waals surface area contributed by atoms with Gasteiger partial charge in [-0.3, -0.25) is 4.79 Å². The number of ether oxygens (including phenoxy) is 1. The lowest BCUT2D eigenvalue weighted by Crippen LogP contribution is -2.44. The summed E-state index contributed by atoms with van der Waals surface area (Å²) in [5.41, 5.74) is 1.83. The maximum atomic E-state index is 13.1. The summed E-state index contributed by atoms with van der Waals surface area (Å²) in [6.45, 7) is 3.37. The SMILES string of the molecule is CCc1cnc(OC2CCCN(C(=O)c3cccc4ccccc34)C2)nc1. The number of nitrogens with zero attached hydrogens (tertiary/aromatic N) is 3. The number of carbonyl (C=O) groups excluding carboxylic acids is 1. The second-order valence-electron chi connectivity index (χ2n) is 6.89. The lowest BCUT2D eigenvalue weighted by atomic mass is 10.0. The maximum Gasteiger partial charge on any atom is 0.316 e. The molecule has 0 bridgehead atoms. The Morgan fingerprint density at radius 3 is 2.74 bits per heavy atom. The summed E-state index contributed by atoms with van der Waals surface area (Å²) in [5.74, 6) is 0.0577. The zero-order chi connectivity index (χ0) is 18.6. The molecule has 4 rings (SSSR count). The van der Waals surface area contributed by atoms with Crippen LogP contribution in [0.3, 0.4) is 0 Å². The van der Waals surface area contributed by atoms with Crippen LogP contribution in [-0.4, -0.2) is 40.0 Å². The Kier molecular flexibility index (Phi) is 5.01. The highest BCUT2D eigenvalue weighted by atomic mass is 16.5. The largest absolute Gasteiger partial charge is 0.458 e. The number of hydrogen-bond donors (Lipinski definition) is 0. The van der Waals surface area contributed by atoms with Gasteiger partial charge in [-0.05, 0) is 41.7 Å². The Balaban J connectivity index is 1.49. The Morgan fingerprint density at radius 2 is 1.93 bits per heavy atom. The van der Waals surface area contributed by atoms with Crippen molar-refractivity contribution in [3.05, 3.63) is 66.0 Å². The van der Waals surface area contributed by atoms with E-state index in [2.05, 4.69) is 16.9 Å². The van der Waals surface area contributed by atoms with Crippen LogP contribution >= 0.6 is 0 Å². The quantitative estimate of drug-likeness (QED) is 0.708. The van der Waals surface area contributed by atoms with Crippen LogP contribution in [0.5, 0.6) is 6.01 Å². The first-order valence-electron chi connectivity index (χ1n) is 9.49. The summed E-state index contributed by atoms with van der Waals surface area (Å²) in [7, 11) is 0. The molecule has 3 aromatic rings. The Morgan fingerprint density at radius 1 is 1.15 bits per heavy atom. The normalized spacial score (nSPS) is 17.1. The van der Waals surface area contributed by atoms with Crippen molar-refractivity contribution in [3.8, 4) is 6.01 Å². The summed E-state index contributed by atoms with van der Waals surface area (Å²) in [6.07, 6.45) is 6.22. The molecular formula is C22H23N3O2. The van der Waals surface area contributed by atoms with E-state index in [1.807, 2.05) is 47.4 Å². The first-order chi connectivity index (χ1) is 13.2. The molecule has 1 unspecified atom stereocenters. The van der Waals surface area contributed by atoms with Crippen molar-refractivity contribution >= 4 is 16.7 Å². The third-order valence-corrected chi connectivity index (χ3v) is 5.05. The van der Waals surface area contributed by atoms with Crippen molar-refractivity contribution in [2.75, 3.05) is 13.1 Å². The lowest BCUT2D eigenvalue weighted by molar-refractivity contribution is 0.0517. The molecular weight excluding hydrogens is 338 g/mol. The molecule has 0 saturated carbocycles. The van der Waals surface area contributed by atoms with Gasteiger partial charge in [-0.25, -0.2) is 9.97 Å². The van der Waals surface area contributed by atoms with Crippen LogP contribution in [-0.2, 0) is 6.42 Å². The van der Waals surface area contributed by atoms with Gasteiger partial charge in [0.05, 0.1) is 6.54 Å². The number of benzene rings is 2. The molecule has 1 aliphatic heterocycles. The number of aromatic nitrogens is 2. The average Bonchev–Trinajstić information content (AvgIpc) is 2.73. The molecule has 138 valence electrons. The summed E-state index contributed by atoms with van der Waals surface area (Å²) < 4.78 is 5.94. The molecule has 0 spiro atoms. The van der Waals surface area contributed by atoms with Crippen LogP contribution in [0.15, 0.2) is 54.9 Å². The predicted octanol–water partition coefficient (Wildman–Crippen LogP) is 3.88. The number of carbonyl (C=O) groups is 1. The highest BCUT2D eigenvalue weighted by Crippen LogP contribution is 2.23. The van der Waals surface area contributed by atoms with Crippen molar-refractivity contribution in [1.82, 2.24) is 14.9 Å². The van der Waals surface area contributed by atoms with Crippen molar-refractivity contribution in [2.24, 2.45) is 0 Å². The van der Waals surface area contributed by atoms with E-state index in [-0.39, 0.29) is 12.0 Å². The molecule has 1 saturated heterocycles. The van der Waals surface area contributed by atoms with E-state index in [1.165, 1.54) is 0 Å². The third kappa shape index (κ3) is 3.77. The molecule has 1 amide bonds. The van der Waals surface area contributed by atoms with E-state index in [9.17, 15) is 4.79 Å². The topological polar surface area (TPSA) is 55.3 Å². The van der Waals surface area contributed by atoms with Crippen LogP contribution in [0.1, 0.15) is 35.7 Å². The second-order valence-corrected chi connectivity index (χ2v) is 6.89. The van der Waals surface area contributed by atoms with Gasteiger partial charge in [0, 0.05) is 24.5 Å². The molecule has 2 aromatic carbocycles. The standard InChI is InChI=1S/C22H23N3O2/c1-2-16-13-23-22(24-14-16)27-18-9-6-12-25(15-18)21(26)20-11-5-8-17-7-3-4-10-19(17)20/h3-5,7-8,10-11,13-14,18H,2,6,9,12,15H2,1H3. The van der Waals surface area contributed by atoms with E-state index in [0.717, 1.165) is 47.7 Å². The van der Waals surface area contributed by atoms with Crippen molar-refractivity contribution in [1.29, 1.82) is 0 Å². The van der Waals surface area contributed by atoms with Crippen LogP contribution < -0.4 is 4.74 Å². The number of amides is 1. The number of fused-ring (bicyclic) bond motifs is 1. The van der Waals surface area contributed by atoms with E-state index in [0.29, 0.717) is 12.6 Å². The van der Waals surface area contributed by atoms with Gasteiger partial charge in [-0.2, -0.15) is 0 Å². The number of aryl methyl sites for hydroxylation is 1. The Labute approximate surface area is 159 Å². The van der Waals surface area contributed by atoms with Crippen molar-refractivity contribution < 1.29 is 9.53 Å². The van der Waals surface area contributed by atoms with Crippen molar-refractivity contribution in [2.45, 2.75) is 32.3 Å². The number of hydrogen-bond acceptors (Lipinski definition) is 4. The fraction of sp³-hybridized carbons (Fsp3) is 0.318. The van der Waals surface area contributed by atoms with Gasteiger partial charge >= 0.3 is 6.01 Å². The van der Waals surface area contributed by atoms with Gasteiger partial charge in [0.1, 0.15) is 6.10 Å². The molecule has 2 heterocycles. The zero-order valence-corrected chi connectivity index (χ0v) is 15.5. The van der Waals surface area contributed by atoms with Gasteiger partial charge in [0.2, 0.25) is 0 Å². The minimum atomic E-state index is -0.0786. The van der Waals surface area contributed by atoms with E-state index in [4.69, 9.17) is 4.74 Å². The highest BCUT2D eigenvalue weighted by Gasteiger charge is 2.27. The molecule has 27 heavy (non-hydrogen) atoms. The second kappa shape index (κ2) is 7.74. The van der Waals surface area contributed by atoms with Gasteiger partial charge in [0.25, 0.3) is 5.91 Å². The molecule has 1 aromatic heterocycles. The number of likely N-dealkylation sites (tertiary alicyclic amines) is 1. The van der Waals surface area contributed by atoms with E-state index >= 15 is 0 Å². The van der Waals surface area contributed by atoms with Crippen LogP contribution in [0.25, 0.3) is 10.8 Å². The summed E-state index contributed by atoms with van der Waals surface area (Å²) in [5, 5.41) is 2.07. The number of rotatable bonds is 4. The minimum absolute atomic E-state index is 0.0577. The Hall–Kier alpha value is -2.95. The molecule has 0 aliphatic carbocycles. The average molecular weight is 361 g/mol. The first kappa shape index (κ1) is 17.5. The van der Waals surface area contributed by atoms with Crippen LogP contribution in [0.2, 0.25) is 0 Å². The van der Waals surface area contributed by atoms with Gasteiger partial charge in [-0.1, -0.05) is 43.3 Å². The van der Waals surface area contributed by atoms with Gasteiger partial charge in [-0.15, -0.1) is 0 Å². The first-order valence-corrected chi connectivity index (χ1v) is 9.49. The monoisotopic (exact) mass is 361 g/mol. The lowest BCUT2D eigenvalue weighted by Gasteiger charge is -2.32. The Bertz CT molecular complexity index is 934. The third-order valence-electron chi connectivity index (χ3n) is 5.05. The predicted molar refractivity (Wildman–Crippen MR) is 105 cm³/mol. The molecule has 1 aliphatic rings. The van der Waals surface area contributed by atoms with E-state index < -0.39 is 0 Å². The smallest absolute Gasteiger partial charge is 0.316 e. The minimum Gasteiger partial charge on any atom is -0.458 e. The molecule has 5 nitrogen and oxygen atoms in total. The molecule has 5 heteroatoms. The molecule has 1 atom stereocenters. The molecule has 0 N–H and O–H groups in total. The van der Waals surface area contributed by atoms with E-state index in [1.54, 1.807) is 12.4 Å². The van der Waals surface area contributed by atoms with Gasteiger partial charge < -0.3 is 9.64 Å². The number of piperidine rings is 1. The fourth-order valence-corrected chi connectivity index (χ4v) is 3.54. The fourth-order valence-electron chi connectivity index (χ4n) is 3.54. The van der Waals surface area contributed by atoms with Gasteiger partial charge in [0.15, 0.2) is 0 Å². The summed E-state index contributed by atoms with van der Waals surface area (Å²) >= 11 is 0. The maximum absolute atomic E-state index is 13.1. The highest BCUT2D eigenvalue weighted by molar-refractivity contribution is 6.07. The van der Waals surface area contributed by atoms with Crippen molar-refractivity contribution in [3.63, 3.8) is 0 Å². The summed E-state index contributed by atoms with van der Waals surface area (Å²) in [6, 6.07) is 14.3. The zero-order valence-electron chi connectivity index (χ0n) is 15.5. The van der Waals surface area contributed by atoms with Crippen LogP contribution in [0.4, 0.5) is 0 Å². The van der Waals surface area contributed by atoms with Crippen LogP contribution in [0, 0.1) is 0 Å². The molecule has 1 fully saturated rings. The molecule has 0 radical (unpaired) electrons.